The van der Waals surface area contributed by atoms with Gasteiger partial charge >= 0.3 is 5.97 Å². The lowest BCUT2D eigenvalue weighted by Crippen LogP contribution is -2.19. The molecular weight excluding hydrogens is 426 g/mol. The molecule has 0 bridgehead atoms. The number of carbonyl (C=O) groups is 3. The largest absolute Gasteiger partial charge is 0.421 e. The first-order valence-electron chi connectivity index (χ1n) is 11.5. The van der Waals surface area contributed by atoms with E-state index in [1.165, 1.54) is 48.6 Å². The first kappa shape index (κ1) is 26.8. The topological polar surface area (TPSA) is 72.5 Å². The van der Waals surface area contributed by atoms with E-state index < -0.39 is 11.8 Å². The molecule has 1 aromatic rings. The summed E-state index contributed by atoms with van der Waals surface area (Å²) in [5, 5.41) is 2.76. The van der Waals surface area contributed by atoms with E-state index in [1.807, 2.05) is 25.2 Å². The Morgan fingerprint density at radius 2 is 1.68 bits per heavy atom. The van der Waals surface area contributed by atoms with Crippen molar-refractivity contribution in [2.24, 2.45) is 5.41 Å². The van der Waals surface area contributed by atoms with Gasteiger partial charge in [-0.3, -0.25) is 9.59 Å². The number of anilines is 1. The van der Waals surface area contributed by atoms with E-state index in [0.717, 1.165) is 18.1 Å². The van der Waals surface area contributed by atoms with E-state index in [4.69, 9.17) is 4.74 Å². The van der Waals surface area contributed by atoms with Gasteiger partial charge in [0.25, 0.3) is 0 Å². The van der Waals surface area contributed by atoms with Crippen molar-refractivity contribution in [2.45, 2.75) is 60.8 Å². The van der Waals surface area contributed by atoms with Crippen molar-refractivity contribution in [1.82, 2.24) is 0 Å². The van der Waals surface area contributed by atoms with Gasteiger partial charge in [-0.25, -0.2) is 4.79 Å². The number of benzene rings is 1. The molecule has 34 heavy (non-hydrogen) atoms. The van der Waals surface area contributed by atoms with Crippen LogP contribution in [0.25, 0.3) is 0 Å². The Labute approximate surface area is 203 Å². The molecule has 1 N–H and O–H groups in total. The van der Waals surface area contributed by atoms with Crippen LogP contribution in [0.3, 0.4) is 0 Å². The van der Waals surface area contributed by atoms with Crippen molar-refractivity contribution in [3.8, 4) is 5.75 Å². The Kier molecular flexibility index (Phi) is 9.55. The highest BCUT2D eigenvalue weighted by molar-refractivity contribution is 6.33. The molecule has 0 fully saturated rings. The van der Waals surface area contributed by atoms with Gasteiger partial charge in [0.2, 0.25) is 11.7 Å². The van der Waals surface area contributed by atoms with Crippen LogP contribution in [0.15, 0.2) is 83.0 Å². The summed E-state index contributed by atoms with van der Waals surface area (Å²) in [5.41, 5.74) is 5.64. The summed E-state index contributed by atoms with van der Waals surface area (Å²) in [6, 6.07) is 6.23. The minimum Gasteiger partial charge on any atom is -0.421 e. The molecule has 0 saturated heterocycles. The lowest BCUT2D eigenvalue weighted by atomic mass is 9.72. The van der Waals surface area contributed by atoms with Crippen molar-refractivity contribution in [3.63, 3.8) is 0 Å². The number of nitrogens with one attached hydrogen (secondary N) is 1. The van der Waals surface area contributed by atoms with Crippen molar-refractivity contribution >= 4 is 23.3 Å². The normalized spacial score (nSPS) is 16.8. The molecule has 0 spiro atoms. The number of rotatable bonds is 8. The number of allylic oxidation sites excluding steroid dienone is 9. The summed E-state index contributed by atoms with van der Waals surface area (Å²) in [4.78, 5) is 34.5. The average molecular weight is 462 g/mol. The maximum absolute atomic E-state index is 12.3. The third kappa shape index (κ3) is 8.47. The lowest BCUT2D eigenvalue weighted by Gasteiger charge is -2.32. The Hall–Kier alpha value is -3.47. The predicted octanol–water partition coefficient (Wildman–Crippen LogP) is 6.65. The highest BCUT2D eigenvalue weighted by atomic mass is 16.5. The van der Waals surface area contributed by atoms with Crippen molar-refractivity contribution in [2.75, 3.05) is 5.32 Å². The zero-order valence-corrected chi connectivity index (χ0v) is 21.0. The van der Waals surface area contributed by atoms with Crippen molar-refractivity contribution < 1.29 is 19.1 Å². The molecule has 0 unspecified atom stereocenters. The first-order valence-corrected chi connectivity index (χ1v) is 11.5. The summed E-state index contributed by atoms with van der Waals surface area (Å²) in [6.45, 7) is 11.9. The minimum atomic E-state index is -0.924. The zero-order chi connectivity index (χ0) is 25.3. The summed E-state index contributed by atoms with van der Waals surface area (Å²) in [6.07, 6.45) is 15.4. The first-order chi connectivity index (χ1) is 16.0. The fraction of sp³-hybridized carbons (Fsp3) is 0.345. The molecule has 5 nitrogen and oxygen atoms in total. The molecule has 0 heterocycles. The second-order valence-corrected chi connectivity index (χ2v) is 9.38. The highest BCUT2D eigenvalue weighted by Crippen LogP contribution is 2.40. The summed E-state index contributed by atoms with van der Waals surface area (Å²) in [5.74, 6) is -1.62. The smallest absolute Gasteiger partial charge is 0.379 e. The molecule has 1 aliphatic rings. The van der Waals surface area contributed by atoms with Gasteiger partial charge < -0.3 is 10.1 Å². The van der Waals surface area contributed by atoms with Gasteiger partial charge in [-0.15, -0.1) is 0 Å². The Morgan fingerprint density at radius 1 is 1.00 bits per heavy atom. The van der Waals surface area contributed by atoms with Crippen LogP contribution in [-0.2, 0) is 14.4 Å². The molecule has 0 radical (unpaired) electrons. The van der Waals surface area contributed by atoms with Crippen LogP contribution in [0.1, 0.15) is 60.8 Å². The van der Waals surface area contributed by atoms with E-state index >= 15 is 0 Å². The van der Waals surface area contributed by atoms with Crippen LogP contribution >= 0.6 is 0 Å². The van der Waals surface area contributed by atoms with Crippen LogP contribution in [0.4, 0.5) is 5.69 Å². The molecule has 1 amide bonds. The molecular formula is C29H35NO4. The number of ether oxygens (including phenoxy) is 1. The second kappa shape index (κ2) is 12.1. The summed E-state index contributed by atoms with van der Waals surface area (Å²) >= 11 is 0. The molecule has 0 aromatic heterocycles. The van der Waals surface area contributed by atoms with E-state index in [-0.39, 0.29) is 17.1 Å². The number of hydrogen-bond acceptors (Lipinski definition) is 4. The fourth-order valence-corrected chi connectivity index (χ4v) is 3.85. The number of esters is 1. The van der Waals surface area contributed by atoms with E-state index in [9.17, 15) is 14.4 Å². The second-order valence-electron chi connectivity index (χ2n) is 9.38. The van der Waals surface area contributed by atoms with Crippen LogP contribution in [-0.4, -0.2) is 17.7 Å². The fourth-order valence-electron chi connectivity index (χ4n) is 3.85. The molecule has 1 aliphatic carbocycles. The number of carbonyl (C=O) groups excluding carboxylic acids is 3. The Morgan fingerprint density at radius 3 is 2.29 bits per heavy atom. The van der Waals surface area contributed by atoms with Gasteiger partial charge in [0, 0.05) is 18.7 Å². The predicted molar refractivity (Wildman–Crippen MR) is 138 cm³/mol. The van der Waals surface area contributed by atoms with Crippen molar-refractivity contribution in [3.05, 3.63) is 83.0 Å². The average Bonchev–Trinajstić information content (AvgIpc) is 2.74. The number of hydrogen-bond donors (Lipinski definition) is 1. The zero-order valence-electron chi connectivity index (χ0n) is 21.0. The lowest BCUT2D eigenvalue weighted by molar-refractivity contribution is -0.146. The van der Waals surface area contributed by atoms with Gasteiger partial charge in [-0.05, 0) is 80.9 Å². The van der Waals surface area contributed by atoms with Crippen LogP contribution in [0, 0.1) is 5.41 Å². The Balaban J connectivity index is 1.93. The molecule has 0 saturated carbocycles. The third-order valence-electron chi connectivity index (χ3n) is 5.75. The van der Waals surface area contributed by atoms with E-state index in [1.54, 1.807) is 12.1 Å². The minimum absolute atomic E-state index is 0.223. The number of Topliss-reactive ketones (excluding diaryl/α,β-unsaturated/α-hetero) is 1. The highest BCUT2D eigenvalue weighted by Gasteiger charge is 2.26. The molecule has 5 heteroatoms. The maximum Gasteiger partial charge on any atom is 0.379 e. The van der Waals surface area contributed by atoms with Gasteiger partial charge in [0.15, 0.2) is 0 Å². The molecule has 180 valence electrons. The van der Waals surface area contributed by atoms with Crippen LogP contribution < -0.4 is 10.1 Å². The quantitative estimate of drug-likeness (QED) is 0.155. The molecule has 1 aromatic carbocycles. The maximum atomic E-state index is 12.3. The van der Waals surface area contributed by atoms with Crippen LogP contribution in [0.2, 0.25) is 0 Å². The molecule has 2 rings (SSSR count). The number of amides is 1. The van der Waals surface area contributed by atoms with E-state index in [2.05, 4.69) is 45.2 Å². The number of ketones is 1. The Bertz CT molecular complexity index is 1080. The third-order valence-corrected chi connectivity index (χ3v) is 5.75. The summed E-state index contributed by atoms with van der Waals surface area (Å²) < 4.78 is 4.90. The standard InChI is InChI=1S/C29H35NO4/c1-20(12-17-26-22(3)11-8-18-29(26,5)6)9-7-10-21(2)19-27(32)30-24-13-15-25(16-14-24)34-28(33)23(4)31/h7,9-10,12-17,19H,8,11,18H2,1-6H3,(H,30,32). The van der Waals surface area contributed by atoms with Crippen LogP contribution in [0.5, 0.6) is 5.75 Å². The molecule has 0 atom stereocenters. The van der Waals surface area contributed by atoms with Gasteiger partial charge in [-0.1, -0.05) is 55.4 Å². The molecule has 0 aliphatic heterocycles. The monoisotopic (exact) mass is 461 g/mol. The SMILES string of the molecule is CC(=O)C(=O)Oc1ccc(NC(=O)C=C(C)C=CC=C(C)C=CC2=C(C)CCCC2(C)C)cc1. The summed E-state index contributed by atoms with van der Waals surface area (Å²) in [7, 11) is 0. The van der Waals surface area contributed by atoms with E-state index in [0.29, 0.717) is 5.69 Å². The van der Waals surface area contributed by atoms with Gasteiger partial charge in [0.1, 0.15) is 5.75 Å². The van der Waals surface area contributed by atoms with Crippen molar-refractivity contribution in [1.29, 1.82) is 0 Å². The van der Waals surface area contributed by atoms with Gasteiger partial charge in [-0.2, -0.15) is 0 Å². The van der Waals surface area contributed by atoms with Gasteiger partial charge in [0.05, 0.1) is 0 Å².